The Kier molecular flexibility index (Phi) is 9.11. The molecule has 0 saturated heterocycles. The van der Waals surface area contributed by atoms with Crippen LogP contribution in [0.3, 0.4) is 0 Å². The Hall–Kier alpha value is -4.20. The van der Waals surface area contributed by atoms with E-state index in [1.54, 1.807) is 109 Å². The van der Waals surface area contributed by atoms with E-state index in [-0.39, 0.29) is 5.92 Å². The zero-order valence-corrected chi connectivity index (χ0v) is 22.5. The van der Waals surface area contributed by atoms with Crippen molar-refractivity contribution < 1.29 is 26.3 Å². The summed E-state index contributed by atoms with van der Waals surface area (Å²) in [7, 11) is 0. The molecule has 0 unspecified atom stereocenters. The Morgan fingerprint density at radius 1 is 0.561 bits per heavy atom. The molecular formula is C33H30F6N2. The fraction of sp³-hybridized carbons (Fsp3) is 0.212. The van der Waals surface area contributed by atoms with Crippen molar-refractivity contribution in [1.82, 2.24) is 0 Å². The molecule has 0 fully saturated rings. The number of allylic oxidation sites excluding steroid dienone is 1. The average molecular weight is 569 g/mol. The van der Waals surface area contributed by atoms with Gasteiger partial charge in [-0.3, -0.25) is 0 Å². The number of rotatable bonds is 10. The van der Waals surface area contributed by atoms with Gasteiger partial charge in [-0.15, -0.1) is 6.58 Å². The average Bonchev–Trinajstić information content (AvgIpc) is 2.94. The second kappa shape index (κ2) is 12.5. The summed E-state index contributed by atoms with van der Waals surface area (Å²) >= 11 is 0. The van der Waals surface area contributed by atoms with Crippen LogP contribution in [0, 0.1) is 0 Å². The van der Waals surface area contributed by atoms with Crippen molar-refractivity contribution >= 4 is 22.7 Å². The van der Waals surface area contributed by atoms with E-state index in [9.17, 15) is 26.3 Å². The maximum Gasteiger partial charge on any atom is 0.406 e. The molecule has 0 saturated carbocycles. The predicted octanol–water partition coefficient (Wildman–Crippen LogP) is 10.2. The highest BCUT2D eigenvalue weighted by Gasteiger charge is 2.33. The molecule has 0 aliphatic rings. The van der Waals surface area contributed by atoms with Gasteiger partial charge in [-0.25, -0.2) is 0 Å². The van der Waals surface area contributed by atoms with Gasteiger partial charge < -0.3 is 9.80 Å². The van der Waals surface area contributed by atoms with Crippen LogP contribution in [-0.4, -0.2) is 25.4 Å². The molecule has 0 spiro atoms. The Morgan fingerprint density at radius 2 is 0.878 bits per heavy atom. The summed E-state index contributed by atoms with van der Waals surface area (Å²) in [5.74, 6) is -0.184. The molecule has 8 heteroatoms. The Labute approximate surface area is 236 Å². The summed E-state index contributed by atoms with van der Waals surface area (Å²) in [6, 6.07) is 30.6. The second-order valence-electron chi connectivity index (χ2n) is 9.97. The van der Waals surface area contributed by atoms with E-state index < -0.39 is 25.4 Å². The van der Waals surface area contributed by atoms with Gasteiger partial charge in [0, 0.05) is 28.7 Å². The first-order valence-electron chi connectivity index (χ1n) is 13.0. The molecule has 4 aromatic rings. The van der Waals surface area contributed by atoms with Gasteiger partial charge in [0.1, 0.15) is 13.1 Å². The number of hydrogen-bond donors (Lipinski definition) is 0. The molecule has 4 rings (SSSR count). The van der Waals surface area contributed by atoms with Gasteiger partial charge >= 0.3 is 12.4 Å². The first kappa shape index (κ1) is 29.8. The zero-order chi connectivity index (χ0) is 29.6. The van der Waals surface area contributed by atoms with Crippen LogP contribution in [0.4, 0.5) is 49.1 Å². The van der Waals surface area contributed by atoms with Crippen LogP contribution in [0.25, 0.3) is 0 Å². The Balaban J connectivity index is 1.65. The minimum absolute atomic E-state index is 0.184. The molecule has 2 nitrogen and oxygen atoms in total. The predicted molar refractivity (Wildman–Crippen MR) is 153 cm³/mol. The normalized spacial score (nSPS) is 11.9. The van der Waals surface area contributed by atoms with Crippen molar-refractivity contribution in [1.29, 1.82) is 0 Å². The summed E-state index contributed by atoms with van der Waals surface area (Å²) in [6.07, 6.45) is -8.24. The van der Waals surface area contributed by atoms with E-state index in [1.807, 2.05) is 6.92 Å². The monoisotopic (exact) mass is 568 g/mol. The molecule has 0 bridgehead atoms. The smallest absolute Gasteiger partial charge is 0.332 e. The van der Waals surface area contributed by atoms with Crippen molar-refractivity contribution in [2.24, 2.45) is 0 Å². The molecule has 0 aromatic heterocycles. The summed E-state index contributed by atoms with van der Waals surface area (Å²) in [6.45, 7) is 3.64. The van der Waals surface area contributed by atoms with Crippen molar-refractivity contribution in [3.8, 4) is 0 Å². The van der Waals surface area contributed by atoms with Crippen molar-refractivity contribution in [2.45, 2.75) is 31.6 Å². The van der Waals surface area contributed by atoms with Crippen molar-refractivity contribution in [3.63, 3.8) is 0 Å². The fourth-order valence-electron chi connectivity index (χ4n) is 4.79. The lowest BCUT2D eigenvalue weighted by atomic mass is 9.86. The fourth-order valence-corrected chi connectivity index (χ4v) is 4.79. The van der Waals surface area contributed by atoms with Crippen molar-refractivity contribution in [2.75, 3.05) is 22.9 Å². The Bertz CT molecular complexity index is 1290. The minimum atomic E-state index is -4.40. The van der Waals surface area contributed by atoms with Gasteiger partial charge in [-0.1, -0.05) is 66.2 Å². The molecule has 0 aliphatic carbocycles. The molecule has 0 amide bonds. The lowest BCUT2D eigenvalue weighted by Gasteiger charge is -2.28. The molecule has 0 N–H and O–H groups in total. The number of para-hydroxylation sites is 2. The summed E-state index contributed by atoms with van der Waals surface area (Å²) in [5, 5.41) is 0. The molecule has 214 valence electrons. The number of nitrogens with zero attached hydrogens (tertiary/aromatic N) is 2. The SMILES string of the molecule is C=C(C)CC(c1ccc(N(CC(F)(F)F)c2ccccc2)cc1)c1ccc(N(CC(F)(F)F)c2ccccc2)cc1. The van der Waals surface area contributed by atoms with Crippen LogP contribution < -0.4 is 9.80 Å². The quantitative estimate of drug-likeness (QED) is 0.139. The molecule has 0 atom stereocenters. The number of anilines is 4. The topological polar surface area (TPSA) is 6.48 Å². The number of alkyl halides is 6. The molecule has 0 heterocycles. The number of hydrogen-bond acceptors (Lipinski definition) is 2. The summed E-state index contributed by atoms with van der Waals surface area (Å²) in [5.41, 5.74) is 4.26. The molecular weight excluding hydrogens is 538 g/mol. The van der Waals surface area contributed by atoms with Crippen LogP contribution in [0.1, 0.15) is 30.4 Å². The highest BCUT2D eigenvalue weighted by molar-refractivity contribution is 5.65. The third kappa shape index (κ3) is 8.39. The maximum absolute atomic E-state index is 13.4. The van der Waals surface area contributed by atoms with Crippen LogP contribution in [0.2, 0.25) is 0 Å². The van der Waals surface area contributed by atoms with Crippen LogP contribution in [-0.2, 0) is 0 Å². The van der Waals surface area contributed by atoms with Gasteiger partial charge in [0.2, 0.25) is 0 Å². The van der Waals surface area contributed by atoms with E-state index in [2.05, 4.69) is 6.58 Å². The molecule has 41 heavy (non-hydrogen) atoms. The van der Waals surface area contributed by atoms with Gasteiger partial charge in [-0.05, 0) is 73.0 Å². The van der Waals surface area contributed by atoms with Crippen LogP contribution in [0.15, 0.2) is 121 Å². The summed E-state index contributed by atoms with van der Waals surface area (Å²) in [4.78, 5) is 2.43. The summed E-state index contributed by atoms with van der Waals surface area (Å²) < 4.78 is 80.5. The van der Waals surface area contributed by atoms with E-state index >= 15 is 0 Å². The lowest BCUT2D eigenvalue weighted by Crippen LogP contribution is -2.30. The second-order valence-corrected chi connectivity index (χ2v) is 9.97. The Morgan fingerprint density at radius 3 is 1.17 bits per heavy atom. The van der Waals surface area contributed by atoms with E-state index in [0.717, 1.165) is 16.7 Å². The van der Waals surface area contributed by atoms with Gasteiger partial charge in [-0.2, -0.15) is 26.3 Å². The third-order valence-corrected chi connectivity index (χ3v) is 6.58. The van der Waals surface area contributed by atoms with Crippen LogP contribution >= 0.6 is 0 Å². The first-order chi connectivity index (χ1) is 19.4. The first-order valence-corrected chi connectivity index (χ1v) is 13.0. The maximum atomic E-state index is 13.4. The van der Waals surface area contributed by atoms with E-state index in [4.69, 9.17) is 0 Å². The van der Waals surface area contributed by atoms with E-state index in [0.29, 0.717) is 29.2 Å². The van der Waals surface area contributed by atoms with E-state index in [1.165, 1.54) is 9.80 Å². The van der Waals surface area contributed by atoms with Gasteiger partial charge in [0.05, 0.1) is 0 Å². The molecule has 4 aromatic carbocycles. The standard InChI is InChI=1S/C33H30F6N2/c1-24(2)21-31(25-13-17-29(18-14-25)40(22-32(34,35)36)27-9-5-3-6-10-27)26-15-19-30(20-16-26)41(23-33(37,38)39)28-11-7-4-8-12-28/h3-20,31H,1,21-23H2,2H3. The number of halogens is 6. The highest BCUT2D eigenvalue weighted by atomic mass is 19.4. The van der Waals surface area contributed by atoms with Crippen molar-refractivity contribution in [3.05, 3.63) is 132 Å². The van der Waals surface area contributed by atoms with Gasteiger partial charge in [0.25, 0.3) is 0 Å². The molecule has 0 aliphatic heterocycles. The van der Waals surface area contributed by atoms with Crippen LogP contribution in [0.5, 0.6) is 0 Å². The lowest BCUT2D eigenvalue weighted by molar-refractivity contribution is -0.119. The largest absolute Gasteiger partial charge is 0.406 e. The number of benzene rings is 4. The minimum Gasteiger partial charge on any atom is -0.332 e. The highest BCUT2D eigenvalue weighted by Crippen LogP contribution is 2.36. The third-order valence-electron chi connectivity index (χ3n) is 6.58. The van der Waals surface area contributed by atoms with Gasteiger partial charge in [0.15, 0.2) is 0 Å². The molecule has 0 radical (unpaired) electrons. The zero-order valence-electron chi connectivity index (χ0n) is 22.5.